The Balaban J connectivity index is 1.88. The number of amides is 1. The zero-order valence-electron chi connectivity index (χ0n) is 14.7. The van der Waals surface area contributed by atoms with E-state index in [2.05, 4.69) is 5.32 Å². The highest BCUT2D eigenvalue weighted by Crippen LogP contribution is 2.33. The maximum Gasteiger partial charge on any atom is 0.264 e. The Labute approximate surface area is 159 Å². The van der Waals surface area contributed by atoms with Crippen LogP contribution in [-0.4, -0.2) is 26.9 Å². The lowest BCUT2D eigenvalue weighted by molar-refractivity contribution is 0.0939. The molecule has 3 rings (SSSR count). The first-order chi connectivity index (χ1) is 12.3. The first-order valence-electron chi connectivity index (χ1n) is 8.55. The minimum atomic E-state index is -3.65. The van der Waals surface area contributed by atoms with Gasteiger partial charge >= 0.3 is 0 Å². The average molecular weight is 393 g/mol. The second kappa shape index (κ2) is 7.29. The normalized spacial score (nSPS) is 14.8. The van der Waals surface area contributed by atoms with Crippen LogP contribution in [-0.2, 0) is 16.4 Å². The van der Waals surface area contributed by atoms with Crippen LogP contribution in [0.3, 0.4) is 0 Å². The van der Waals surface area contributed by atoms with Gasteiger partial charge in [-0.05, 0) is 67.8 Å². The SMILES string of the molecule is CCC(C)NC(=O)c1ccc2c(c1)CCN2S(=O)(=O)c1ccc(Cl)cc1. The minimum absolute atomic E-state index is 0.0949. The third-order valence-electron chi connectivity index (χ3n) is 4.59. The van der Waals surface area contributed by atoms with Gasteiger partial charge in [-0.15, -0.1) is 0 Å². The Morgan fingerprint density at radius 1 is 1.23 bits per heavy atom. The molecule has 1 aliphatic rings. The molecule has 7 heteroatoms. The molecule has 0 saturated carbocycles. The van der Waals surface area contributed by atoms with Crippen LogP contribution in [0.15, 0.2) is 47.4 Å². The van der Waals surface area contributed by atoms with Gasteiger partial charge in [0.25, 0.3) is 15.9 Å². The van der Waals surface area contributed by atoms with Gasteiger partial charge in [-0.1, -0.05) is 18.5 Å². The summed E-state index contributed by atoms with van der Waals surface area (Å²) in [5, 5.41) is 3.41. The van der Waals surface area contributed by atoms with E-state index in [1.165, 1.54) is 16.4 Å². The zero-order valence-corrected chi connectivity index (χ0v) is 16.3. The number of carbonyl (C=O) groups excluding carboxylic acids is 1. The number of hydrogen-bond acceptors (Lipinski definition) is 3. The largest absolute Gasteiger partial charge is 0.350 e. The molecule has 0 spiro atoms. The third-order valence-corrected chi connectivity index (χ3v) is 6.67. The van der Waals surface area contributed by atoms with E-state index in [9.17, 15) is 13.2 Å². The van der Waals surface area contributed by atoms with Gasteiger partial charge in [-0.3, -0.25) is 9.10 Å². The number of nitrogens with one attached hydrogen (secondary N) is 1. The summed E-state index contributed by atoms with van der Waals surface area (Å²) in [6.07, 6.45) is 1.43. The van der Waals surface area contributed by atoms with E-state index in [-0.39, 0.29) is 16.8 Å². The number of rotatable bonds is 5. The van der Waals surface area contributed by atoms with Gasteiger partial charge in [0.05, 0.1) is 10.6 Å². The molecule has 138 valence electrons. The van der Waals surface area contributed by atoms with Gasteiger partial charge in [0.2, 0.25) is 0 Å². The van der Waals surface area contributed by atoms with Crippen LogP contribution < -0.4 is 9.62 Å². The first-order valence-corrected chi connectivity index (χ1v) is 10.4. The van der Waals surface area contributed by atoms with Crippen molar-refractivity contribution >= 4 is 33.2 Å². The van der Waals surface area contributed by atoms with Crippen molar-refractivity contribution in [2.24, 2.45) is 0 Å². The molecular formula is C19H21ClN2O3S. The van der Waals surface area contributed by atoms with E-state index in [0.29, 0.717) is 29.2 Å². The molecule has 2 aromatic rings. The lowest BCUT2D eigenvalue weighted by Crippen LogP contribution is -2.32. The fraction of sp³-hybridized carbons (Fsp3) is 0.316. The smallest absolute Gasteiger partial charge is 0.264 e. The summed E-state index contributed by atoms with van der Waals surface area (Å²) in [7, 11) is -3.65. The molecule has 1 N–H and O–H groups in total. The van der Waals surface area contributed by atoms with Gasteiger partial charge in [-0.2, -0.15) is 0 Å². The average Bonchev–Trinajstić information content (AvgIpc) is 3.05. The standard InChI is InChI=1S/C19H21ClN2O3S/c1-3-13(2)21-19(23)15-4-9-18-14(12-15)10-11-22(18)26(24,25)17-7-5-16(20)6-8-17/h4-9,12-13H,3,10-11H2,1-2H3,(H,21,23). The van der Waals surface area contributed by atoms with Crippen LogP contribution >= 0.6 is 11.6 Å². The molecule has 1 unspecified atom stereocenters. The van der Waals surface area contributed by atoms with Gasteiger partial charge in [-0.25, -0.2) is 8.42 Å². The van der Waals surface area contributed by atoms with Gasteiger partial charge in [0.1, 0.15) is 0 Å². The number of carbonyl (C=O) groups is 1. The van der Waals surface area contributed by atoms with E-state index < -0.39 is 10.0 Å². The monoisotopic (exact) mass is 392 g/mol. The number of fused-ring (bicyclic) bond motifs is 1. The molecule has 1 atom stereocenters. The van der Waals surface area contributed by atoms with Crippen molar-refractivity contribution in [3.63, 3.8) is 0 Å². The molecule has 26 heavy (non-hydrogen) atoms. The molecule has 0 fully saturated rings. The third kappa shape index (κ3) is 3.57. The maximum atomic E-state index is 12.9. The fourth-order valence-electron chi connectivity index (χ4n) is 2.91. The van der Waals surface area contributed by atoms with Crippen LogP contribution in [0.2, 0.25) is 5.02 Å². The van der Waals surface area contributed by atoms with Crippen molar-refractivity contribution in [2.75, 3.05) is 10.8 Å². The number of sulfonamides is 1. The van der Waals surface area contributed by atoms with E-state index in [0.717, 1.165) is 12.0 Å². The molecule has 0 radical (unpaired) electrons. The highest BCUT2D eigenvalue weighted by atomic mass is 35.5. The fourth-order valence-corrected chi connectivity index (χ4v) is 4.53. The summed E-state index contributed by atoms with van der Waals surface area (Å²) in [6.45, 7) is 4.32. The summed E-state index contributed by atoms with van der Waals surface area (Å²) < 4.78 is 27.2. The lowest BCUT2D eigenvalue weighted by atomic mass is 10.1. The van der Waals surface area contributed by atoms with E-state index in [1.54, 1.807) is 30.3 Å². The van der Waals surface area contributed by atoms with Crippen molar-refractivity contribution < 1.29 is 13.2 Å². The molecule has 1 amide bonds. The molecule has 5 nitrogen and oxygen atoms in total. The number of benzene rings is 2. The first kappa shape index (κ1) is 18.7. The van der Waals surface area contributed by atoms with E-state index in [1.807, 2.05) is 13.8 Å². The number of hydrogen-bond donors (Lipinski definition) is 1. The molecule has 0 bridgehead atoms. The van der Waals surface area contributed by atoms with Crippen LogP contribution in [0.5, 0.6) is 0 Å². The second-order valence-electron chi connectivity index (χ2n) is 6.41. The summed E-state index contributed by atoms with van der Waals surface area (Å²) >= 11 is 5.85. The Morgan fingerprint density at radius 2 is 1.92 bits per heavy atom. The van der Waals surface area contributed by atoms with Crippen molar-refractivity contribution in [2.45, 2.75) is 37.6 Å². The quantitative estimate of drug-likeness (QED) is 0.845. The maximum absolute atomic E-state index is 12.9. The Hall–Kier alpha value is -2.05. The molecule has 1 heterocycles. The van der Waals surface area contributed by atoms with Gasteiger partial charge in [0.15, 0.2) is 0 Å². The summed E-state index contributed by atoms with van der Waals surface area (Å²) in [4.78, 5) is 12.5. The topological polar surface area (TPSA) is 66.5 Å². The molecule has 1 aliphatic heterocycles. The molecule has 0 aromatic heterocycles. The zero-order chi connectivity index (χ0) is 18.9. The highest BCUT2D eigenvalue weighted by molar-refractivity contribution is 7.92. The van der Waals surface area contributed by atoms with Gasteiger partial charge in [0, 0.05) is 23.2 Å². The molecule has 2 aromatic carbocycles. The predicted octanol–water partition coefficient (Wildman–Crippen LogP) is 3.62. The Bertz CT molecular complexity index is 926. The number of anilines is 1. The molecular weight excluding hydrogens is 372 g/mol. The van der Waals surface area contributed by atoms with Crippen molar-refractivity contribution in [1.82, 2.24) is 5.32 Å². The number of halogens is 1. The van der Waals surface area contributed by atoms with Crippen LogP contribution in [0.1, 0.15) is 36.2 Å². The van der Waals surface area contributed by atoms with Crippen molar-refractivity contribution in [3.8, 4) is 0 Å². The van der Waals surface area contributed by atoms with Crippen LogP contribution in [0.4, 0.5) is 5.69 Å². The minimum Gasteiger partial charge on any atom is -0.350 e. The number of nitrogens with zero attached hydrogens (tertiary/aromatic N) is 1. The van der Waals surface area contributed by atoms with Crippen molar-refractivity contribution in [3.05, 3.63) is 58.6 Å². The summed E-state index contributed by atoms with van der Waals surface area (Å²) in [5.41, 5.74) is 2.04. The summed E-state index contributed by atoms with van der Waals surface area (Å²) in [5.74, 6) is -0.138. The van der Waals surface area contributed by atoms with Crippen LogP contribution in [0, 0.1) is 0 Å². The van der Waals surface area contributed by atoms with E-state index in [4.69, 9.17) is 11.6 Å². The Kier molecular flexibility index (Phi) is 5.25. The molecule has 0 aliphatic carbocycles. The van der Waals surface area contributed by atoms with Crippen LogP contribution in [0.25, 0.3) is 0 Å². The summed E-state index contributed by atoms with van der Waals surface area (Å²) in [6, 6.07) is 11.4. The predicted molar refractivity (Wildman–Crippen MR) is 103 cm³/mol. The molecule has 0 saturated heterocycles. The Morgan fingerprint density at radius 3 is 2.58 bits per heavy atom. The van der Waals surface area contributed by atoms with Crippen molar-refractivity contribution in [1.29, 1.82) is 0 Å². The van der Waals surface area contributed by atoms with E-state index >= 15 is 0 Å². The second-order valence-corrected chi connectivity index (χ2v) is 8.71. The highest BCUT2D eigenvalue weighted by Gasteiger charge is 2.31. The van der Waals surface area contributed by atoms with Gasteiger partial charge < -0.3 is 5.32 Å². The lowest BCUT2D eigenvalue weighted by Gasteiger charge is -2.20.